The van der Waals surface area contributed by atoms with Gasteiger partial charge in [-0.1, -0.05) is 24.3 Å². The van der Waals surface area contributed by atoms with E-state index in [0.717, 1.165) is 38.3 Å². The zero-order valence-corrected chi connectivity index (χ0v) is 10.4. The van der Waals surface area contributed by atoms with E-state index >= 15 is 0 Å². The van der Waals surface area contributed by atoms with Crippen LogP contribution in [0.1, 0.15) is 11.1 Å². The van der Waals surface area contributed by atoms with Crippen molar-refractivity contribution in [1.29, 1.82) is 5.26 Å². The lowest BCUT2D eigenvalue weighted by Crippen LogP contribution is -2.43. The third-order valence-corrected chi connectivity index (χ3v) is 3.28. The van der Waals surface area contributed by atoms with Crippen LogP contribution in [0.3, 0.4) is 0 Å². The summed E-state index contributed by atoms with van der Waals surface area (Å²) in [4.78, 5) is 4.84. The Bertz CT molecular complexity index is 400. The van der Waals surface area contributed by atoms with E-state index in [4.69, 9.17) is 5.26 Å². The molecule has 2 rings (SSSR count). The lowest BCUT2D eigenvalue weighted by molar-refractivity contribution is 0.148. The molecule has 3 nitrogen and oxygen atoms in total. The summed E-state index contributed by atoms with van der Waals surface area (Å²) in [5.74, 6) is 0. The Hall–Kier alpha value is -1.37. The second-order valence-electron chi connectivity index (χ2n) is 4.73. The number of hydrogen-bond donors (Lipinski definition) is 0. The molecule has 0 N–H and O–H groups in total. The molecular weight excluding hydrogens is 210 g/mol. The molecule has 1 fully saturated rings. The van der Waals surface area contributed by atoms with Crippen molar-refractivity contribution in [2.45, 2.75) is 13.0 Å². The van der Waals surface area contributed by atoms with Crippen molar-refractivity contribution in [1.82, 2.24) is 9.80 Å². The van der Waals surface area contributed by atoms with Crippen LogP contribution in [0.25, 0.3) is 0 Å². The highest BCUT2D eigenvalue weighted by atomic mass is 15.2. The van der Waals surface area contributed by atoms with Gasteiger partial charge in [0.15, 0.2) is 0 Å². The maximum absolute atomic E-state index is 8.70. The van der Waals surface area contributed by atoms with E-state index in [1.165, 1.54) is 5.56 Å². The largest absolute Gasteiger partial charge is 0.304 e. The molecule has 0 amide bonds. The number of benzene rings is 1. The average molecular weight is 229 g/mol. The molecular formula is C14H19N3. The fourth-order valence-electron chi connectivity index (χ4n) is 2.19. The summed E-state index contributed by atoms with van der Waals surface area (Å²) < 4.78 is 0. The molecule has 0 spiro atoms. The predicted molar refractivity (Wildman–Crippen MR) is 68.5 cm³/mol. The van der Waals surface area contributed by atoms with Crippen LogP contribution in [0.4, 0.5) is 0 Å². The van der Waals surface area contributed by atoms with Crippen LogP contribution in [-0.4, -0.2) is 43.0 Å². The van der Waals surface area contributed by atoms with Crippen molar-refractivity contribution < 1.29 is 0 Å². The number of rotatable bonds is 3. The molecule has 0 aliphatic carbocycles. The van der Waals surface area contributed by atoms with Gasteiger partial charge in [0.05, 0.1) is 12.5 Å². The Morgan fingerprint density at radius 1 is 1.18 bits per heavy atom. The summed E-state index contributed by atoms with van der Waals surface area (Å²) in [6.45, 7) is 5.58. The molecule has 0 aromatic heterocycles. The van der Waals surface area contributed by atoms with Crippen molar-refractivity contribution in [3.8, 4) is 6.07 Å². The summed E-state index contributed by atoms with van der Waals surface area (Å²) >= 11 is 0. The fourth-order valence-corrected chi connectivity index (χ4v) is 2.19. The second kappa shape index (κ2) is 5.81. The highest BCUT2D eigenvalue weighted by molar-refractivity contribution is 5.25. The van der Waals surface area contributed by atoms with E-state index in [2.05, 4.69) is 41.1 Å². The van der Waals surface area contributed by atoms with E-state index in [1.54, 1.807) is 0 Å². The summed E-state index contributed by atoms with van der Waals surface area (Å²) in [5.41, 5.74) is 2.45. The molecule has 0 saturated carbocycles. The molecule has 1 aliphatic heterocycles. The first-order valence-corrected chi connectivity index (χ1v) is 6.13. The minimum atomic E-state index is 0.510. The van der Waals surface area contributed by atoms with Gasteiger partial charge < -0.3 is 4.90 Å². The number of piperazine rings is 1. The molecule has 0 unspecified atom stereocenters. The Labute approximate surface area is 103 Å². The molecule has 1 saturated heterocycles. The zero-order chi connectivity index (χ0) is 12.1. The Morgan fingerprint density at radius 2 is 1.88 bits per heavy atom. The van der Waals surface area contributed by atoms with E-state index < -0.39 is 0 Å². The van der Waals surface area contributed by atoms with Crippen LogP contribution in [0.2, 0.25) is 0 Å². The average Bonchev–Trinajstić information content (AvgIpc) is 2.33. The second-order valence-corrected chi connectivity index (χ2v) is 4.73. The zero-order valence-electron chi connectivity index (χ0n) is 10.4. The Balaban J connectivity index is 1.94. The van der Waals surface area contributed by atoms with Crippen LogP contribution in [-0.2, 0) is 13.0 Å². The number of nitrogens with zero attached hydrogens (tertiary/aromatic N) is 3. The molecule has 0 radical (unpaired) electrons. The highest BCUT2D eigenvalue weighted by Crippen LogP contribution is 2.10. The van der Waals surface area contributed by atoms with Gasteiger partial charge in [-0.3, -0.25) is 4.90 Å². The standard InChI is InChI=1S/C14H19N3/c1-16-7-9-17(10-8-16)12-14-4-2-3-13(11-14)5-6-15/h2-4,11H,5,7-10,12H2,1H3. The van der Waals surface area contributed by atoms with E-state index in [0.29, 0.717) is 6.42 Å². The lowest BCUT2D eigenvalue weighted by atomic mass is 10.1. The first-order chi connectivity index (χ1) is 8.28. The van der Waals surface area contributed by atoms with E-state index in [9.17, 15) is 0 Å². The quantitative estimate of drug-likeness (QED) is 0.787. The topological polar surface area (TPSA) is 30.3 Å². The maximum atomic E-state index is 8.70. The maximum Gasteiger partial charge on any atom is 0.0669 e. The van der Waals surface area contributed by atoms with Crippen LogP contribution in [0, 0.1) is 11.3 Å². The third-order valence-electron chi connectivity index (χ3n) is 3.28. The first-order valence-electron chi connectivity index (χ1n) is 6.13. The molecule has 0 atom stereocenters. The van der Waals surface area contributed by atoms with Gasteiger partial charge in [-0.25, -0.2) is 0 Å². The molecule has 1 aromatic rings. The third kappa shape index (κ3) is 3.55. The highest BCUT2D eigenvalue weighted by Gasteiger charge is 2.13. The van der Waals surface area contributed by atoms with Gasteiger partial charge in [0, 0.05) is 32.7 Å². The van der Waals surface area contributed by atoms with Crippen molar-refractivity contribution >= 4 is 0 Å². The van der Waals surface area contributed by atoms with Gasteiger partial charge in [0.25, 0.3) is 0 Å². The van der Waals surface area contributed by atoms with E-state index in [1.807, 2.05) is 6.07 Å². The van der Waals surface area contributed by atoms with Gasteiger partial charge in [0.2, 0.25) is 0 Å². The SMILES string of the molecule is CN1CCN(Cc2cccc(CC#N)c2)CC1. The van der Waals surface area contributed by atoms with Gasteiger partial charge in [-0.15, -0.1) is 0 Å². The van der Waals surface area contributed by atoms with Gasteiger partial charge in [-0.2, -0.15) is 5.26 Å². The summed E-state index contributed by atoms with van der Waals surface area (Å²) in [6, 6.07) is 10.6. The predicted octanol–water partition coefficient (Wildman–Crippen LogP) is 1.50. The fraction of sp³-hybridized carbons (Fsp3) is 0.500. The van der Waals surface area contributed by atoms with Gasteiger partial charge in [-0.05, 0) is 18.2 Å². The van der Waals surface area contributed by atoms with Gasteiger partial charge >= 0.3 is 0 Å². The normalized spacial score (nSPS) is 17.9. The number of hydrogen-bond acceptors (Lipinski definition) is 3. The monoisotopic (exact) mass is 229 g/mol. The van der Waals surface area contributed by atoms with Crippen molar-refractivity contribution in [2.75, 3.05) is 33.2 Å². The van der Waals surface area contributed by atoms with Crippen LogP contribution in [0.15, 0.2) is 24.3 Å². The van der Waals surface area contributed by atoms with E-state index in [-0.39, 0.29) is 0 Å². The summed E-state index contributed by atoms with van der Waals surface area (Å²) in [5, 5.41) is 8.70. The molecule has 0 bridgehead atoms. The number of likely N-dealkylation sites (N-methyl/N-ethyl adjacent to an activating group) is 1. The van der Waals surface area contributed by atoms with Crippen LogP contribution in [0.5, 0.6) is 0 Å². The summed E-state index contributed by atoms with van der Waals surface area (Å²) in [6.07, 6.45) is 0.510. The lowest BCUT2D eigenvalue weighted by Gasteiger charge is -2.32. The Kier molecular flexibility index (Phi) is 4.13. The van der Waals surface area contributed by atoms with Crippen molar-refractivity contribution in [2.24, 2.45) is 0 Å². The molecule has 1 aromatic carbocycles. The molecule has 1 heterocycles. The Morgan fingerprint density at radius 3 is 2.59 bits per heavy atom. The minimum Gasteiger partial charge on any atom is -0.304 e. The smallest absolute Gasteiger partial charge is 0.0669 e. The molecule has 17 heavy (non-hydrogen) atoms. The first kappa shape index (κ1) is 12.1. The molecule has 1 aliphatic rings. The van der Waals surface area contributed by atoms with Crippen LogP contribution < -0.4 is 0 Å². The molecule has 3 heteroatoms. The molecule has 90 valence electrons. The van der Waals surface area contributed by atoms with Crippen LogP contribution >= 0.6 is 0 Å². The van der Waals surface area contributed by atoms with Gasteiger partial charge in [0.1, 0.15) is 0 Å². The summed E-state index contributed by atoms with van der Waals surface area (Å²) in [7, 11) is 2.17. The minimum absolute atomic E-state index is 0.510. The van der Waals surface area contributed by atoms with Crippen molar-refractivity contribution in [3.63, 3.8) is 0 Å². The number of nitriles is 1. The van der Waals surface area contributed by atoms with Crippen molar-refractivity contribution in [3.05, 3.63) is 35.4 Å².